The number of hydrogen-bond donors (Lipinski definition) is 2. The van der Waals surface area contributed by atoms with Gasteiger partial charge in [-0.05, 0) is 29.3 Å². The van der Waals surface area contributed by atoms with Crippen LogP contribution in [0.4, 0.5) is 5.69 Å². The number of carbonyl (C=O) groups excluding carboxylic acids is 1. The normalized spacial score (nSPS) is 15.2. The Kier molecular flexibility index (Phi) is 2.87. The van der Waals surface area contributed by atoms with E-state index in [0.29, 0.717) is 6.42 Å². The first-order valence-corrected chi connectivity index (χ1v) is 6.44. The second-order valence-electron chi connectivity index (χ2n) is 4.78. The van der Waals surface area contributed by atoms with Crippen LogP contribution in [-0.2, 0) is 17.6 Å². The van der Waals surface area contributed by atoms with E-state index in [2.05, 4.69) is 5.32 Å². The lowest BCUT2D eigenvalue weighted by atomic mass is 10.0. The molecule has 3 rings (SSSR count). The molecular formula is C15H16N2O2. The van der Waals surface area contributed by atoms with Gasteiger partial charge in [-0.3, -0.25) is 4.79 Å². The fraction of sp³-hybridized carbons (Fsp3) is 0.267. The third kappa shape index (κ3) is 2.15. The zero-order valence-corrected chi connectivity index (χ0v) is 10.8. The van der Waals surface area contributed by atoms with Crippen LogP contribution in [0.3, 0.4) is 0 Å². The van der Waals surface area contributed by atoms with E-state index < -0.39 is 0 Å². The maximum Gasteiger partial charge on any atom is 0.228 e. The van der Waals surface area contributed by atoms with Gasteiger partial charge in [0, 0.05) is 12.1 Å². The molecule has 4 nitrogen and oxygen atoms in total. The minimum Gasteiger partial charge on any atom is -0.464 e. The zero-order chi connectivity index (χ0) is 13.4. The summed E-state index contributed by atoms with van der Waals surface area (Å²) in [6.07, 6.45) is 1.28. The van der Waals surface area contributed by atoms with Gasteiger partial charge in [-0.2, -0.15) is 0 Å². The van der Waals surface area contributed by atoms with Crippen molar-refractivity contribution in [2.45, 2.75) is 25.8 Å². The van der Waals surface area contributed by atoms with Gasteiger partial charge in [0.05, 0.1) is 12.5 Å². The van der Waals surface area contributed by atoms with E-state index in [-0.39, 0.29) is 11.9 Å². The second-order valence-corrected chi connectivity index (χ2v) is 4.78. The van der Waals surface area contributed by atoms with Crippen LogP contribution in [0.1, 0.15) is 35.6 Å². The van der Waals surface area contributed by atoms with E-state index in [4.69, 9.17) is 10.2 Å². The highest BCUT2D eigenvalue weighted by Gasteiger charge is 2.20. The number of anilines is 1. The molecule has 2 aromatic rings. The molecule has 1 aliphatic heterocycles. The molecule has 0 fully saturated rings. The molecule has 1 atom stereocenters. The molecule has 1 unspecified atom stereocenters. The molecule has 0 radical (unpaired) electrons. The van der Waals surface area contributed by atoms with Crippen molar-refractivity contribution >= 4 is 11.6 Å². The lowest BCUT2D eigenvalue weighted by Gasteiger charge is -2.10. The predicted octanol–water partition coefficient (Wildman–Crippen LogP) is 2.38. The molecule has 0 saturated carbocycles. The fourth-order valence-corrected chi connectivity index (χ4v) is 2.36. The highest BCUT2D eigenvalue weighted by Crippen LogP contribution is 2.28. The largest absolute Gasteiger partial charge is 0.464 e. The van der Waals surface area contributed by atoms with Gasteiger partial charge in [0.2, 0.25) is 5.91 Å². The van der Waals surface area contributed by atoms with E-state index in [1.807, 2.05) is 37.3 Å². The first-order chi connectivity index (χ1) is 9.17. The molecule has 1 aromatic carbocycles. The first-order valence-electron chi connectivity index (χ1n) is 6.44. The van der Waals surface area contributed by atoms with Gasteiger partial charge in [0.25, 0.3) is 0 Å². The molecule has 3 N–H and O–H groups in total. The molecule has 19 heavy (non-hydrogen) atoms. The highest BCUT2D eigenvalue weighted by atomic mass is 16.3. The van der Waals surface area contributed by atoms with Gasteiger partial charge < -0.3 is 15.5 Å². The number of furan rings is 1. The average molecular weight is 256 g/mol. The average Bonchev–Trinajstić information content (AvgIpc) is 3.01. The van der Waals surface area contributed by atoms with Crippen LogP contribution >= 0.6 is 0 Å². The van der Waals surface area contributed by atoms with Crippen molar-refractivity contribution in [3.63, 3.8) is 0 Å². The van der Waals surface area contributed by atoms with Gasteiger partial charge in [-0.1, -0.05) is 19.1 Å². The maximum absolute atomic E-state index is 11.3. The molecule has 0 bridgehead atoms. The molecule has 1 aliphatic rings. The van der Waals surface area contributed by atoms with E-state index in [9.17, 15) is 4.79 Å². The van der Waals surface area contributed by atoms with Crippen molar-refractivity contribution in [1.29, 1.82) is 0 Å². The summed E-state index contributed by atoms with van der Waals surface area (Å²) in [5.74, 6) is 1.73. The van der Waals surface area contributed by atoms with Crippen LogP contribution in [0.2, 0.25) is 0 Å². The van der Waals surface area contributed by atoms with Crippen LogP contribution < -0.4 is 11.1 Å². The smallest absolute Gasteiger partial charge is 0.228 e. The molecule has 98 valence electrons. The maximum atomic E-state index is 11.3. The number of nitrogens with one attached hydrogen (secondary N) is 1. The SMILES string of the molecule is CCc1ccc(C(N)c2ccc3c(c2)CC(=O)N3)o1. The van der Waals surface area contributed by atoms with Crippen LogP contribution in [0.5, 0.6) is 0 Å². The quantitative estimate of drug-likeness (QED) is 0.886. The number of hydrogen-bond acceptors (Lipinski definition) is 3. The third-order valence-electron chi connectivity index (χ3n) is 3.45. The number of carbonyl (C=O) groups is 1. The van der Waals surface area contributed by atoms with Gasteiger partial charge in [0.1, 0.15) is 11.5 Å². The second kappa shape index (κ2) is 4.55. The van der Waals surface area contributed by atoms with E-state index in [0.717, 1.165) is 34.8 Å². The minimum atomic E-state index is -0.290. The summed E-state index contributed by atoms with van der Waals surface area (Å²) >= 11 is 0. The van der Waals surface area contributed by atoms with Crippen molar-refractivity contribution in [1.82, 2.24) is 0 Å². The summed E-state index contributed by atoms with van der Waals surface area (Å²) in [5.41, 5.74) is 9.06. The Bertz CT molecular complexity index is 631. The summed E-state index contributed by atoms with van der Waals surface area (Å²) in [5, 5.41) is 2.81. The summed E-state index contributed by atoms with van der Waals surface area (Å²) in [7, 11) is 0. The number of amides is 1. The van der Waals surface area contributed by atoms with E-state index in [1.54, 1.807) is 0 Å². The molecule has 1 amide bonds. The van der Waals surface area contributed by atoms with Gasteiger partial charge in [-0.25, -0.2) is 0 Å². The van der Waals surface area contributed by atoms with Gasteiger partial charge in [-0.15, -0.1) is 0 Å². The Hall–Kier alpha value is -2.07. The number of aryl methyl sites for hydroxylation is 1. The van der Waals surface area contributed by atoms with E-state index in [1.165, 1.54) is 0 Å². The Morgan fingerprint density at radius 3 is 2.95 bits per heavy atom. The molecule has 2 heterocycles. The number of nitrogens with two attached hydrogens (primary N) is 1. The lowest BCUT2D eigenvalue weighted by molar-refractivity contribution is -0.115. The summed E-state index contributed by atoms with van der Waals surface area (Å²) in [4.78, 5) is 11.3. The first kappa shape index (κ1) is 12.0. The number of fused-ring (bicyclic) bond motifs is 1. The zero-order valence-electron chi connectivity index (χ0n) is 10.8. The van der Waals surface area contributed by atoms with Crippen LogP contribution in [0, 0.1) is 0 Å². The standard InChI is InChI=1S/C15H16N2O2/c1-2-11-4-6-13(19-11)15(16)9-3-5-12-10(7-9)8-14(18)17-12/h3-7,15H,2,8,16H2,1H3,(H,17,18). The van der Waals surface area contributed by atoms with Crippen molar-refractivity contribution < 1.29 is 9.21 Å². The molecule has 1 aromatic heterocycles. The summed E-state index contributed by atoms with van der Waals surface area (Å²) in [6.45, 7) is 2.04. The van der Waals surface area contributed by atoms with Crippen molar-refractivity contribution in [3.05, 3.63) is 53.0 Å². The fourth-order valence-electron chi connectivity index (χ4n) is 2.36. The minimum absolute atomic E-state index is 0.0342. The Balaban J connectivity index is 1.90. The topological polar surface area (TPSA) is 68.3 Å². The molecule has 0 spiro atoms. The van der Waals surface area contributed by atoms with Crippen LogP contribution in [0.25, 0.3) is 0 Å². The van der Waals surface area contributed by atoms with Crippen molar-refractivity contribution in [3.8, 4) is 0 Å². The van der Waals surface area contributed by atoms with Gasteiger partial charge >= 0.3 is 0 Å². The predicted molar refractivity (Wildman–Crippen MR) is 72.9 cm³/mol. The Labute approximate surface area is 111 Å². The van der Waals surface area contributed by atoms with Crippen molar-refractivity contribution in [2.24, 2.45) is 5.73 Å². The van der Waals surface area contributed by atoms with Crippen LogP contribution in [-0.4, -0.2) is 5.91 Å². The highest BCUT2D eigenvalue weighted by molar-refractivity contribution is 5.99. The molecule has 0 saturated heterocycles. The molecular weight excluding hydrogens is 240 g/mol. The number of rotatable bonds is 3. The van der Waals surface area contributed by atoms with Gasteiger partial charge in [0.15, 0.2) is 0 Å². The molecule has 4 heteroatoms. The van der Waals surface area contributed by atoms with Crippen LogP contribution in [0.15, 0.2) is 34.7 Å². The third-order valence-corrected chi connectivity index (χ3v) is 3.45. The number of benzene rings is 1. The Morgan fingerprint density at radius 1 is 1.37 bits per heavy atom. The summed E-state index contributed by atoms with van der Waals surface area (Å²) in [6, 6.07) is 9.39. The monoisotopic (exact) mass is 256 g/mol. The summed E-state index contributed by atoms with van der Waals surface area (Å²) < 4.78 is 5.68. The van der Waals surface area contributed by atoms with Crippen molar-refractivity contribution in [2.75, 3.05) is 5.32 Å². The Morgan fingerprint density at radius 2 is 2.21 bits per heavy atom. The molecule has 0 aliphatic carbocycles. The van der Waals surface area contributed by atoms with E-state index >= 15 is 0 Å². The lowest BCUT2D eigenvalue weighted by Crippen LogP contribution is -2.11.